The van der Waals surface area contributed by atoms with E-state index in [1.54, 1.807) is 12.3 Å². The van der Waals surface area contributed by atoms with E-state index < -0.39 is 0 Å². The Kier molecular flexibility index (Phi) is 5.62. The van der Waals surface area contributed by atoms with E-state index in [4.69, 9.17) is 0 Å². The van der Waals surface area contributed by atoms with Crippen LogP contribution in [0.3, 0.4) is 0 Å². The predicted octanol–water partition coefficient (Wildman–Crippen LogP) is 3.28. The quantitative estimate of drug-likeness (QED) is 0.443. The summed E-state index contributed by atoms with van der Waals surface area (Å²) in [5.74, 6) is 0. The van der Waals surface area contributed by atoms with Gasteiger partial charge in [-0.15, -0.1) is 0 Å². The fraction of sp³-hybridized carbons (Fsp3) is 0.182. The van der Waals surface area contributed by atoms with Gasteiger partial charge in [0.05, 0.1) is 5.70 Å². The van der Waals surface area contributed by atoms with E-state index in [1.807, 2.05) is 32.1 Å². The number of hydrogen-bond acceptors (Lipinski definition) is 1. The monoisotopic (exact) mass is 161 g/mol. The second kappa shape index (κ2) is 6.35. The third kappa shape index (κ3) is 4.45. The van der Waals surface area contributed by atoms with E-state index in [1.165, 1.54) is 0 Å². The Morgan fingerprint density at radius 2 is 2.08 bits per heavy atom. The molecule has 64 valence electrons. The third-order valence-electron chi connectivity index (χ3n) is 1.33. The zero-order chi connectivity index (χ0) is 9.40. The summed E-state index contributed by atoms with van der Waals surface area (Å²) in [5, 5.41) is 0. The number of allylic oxidation sites excluding steroid dienone is 5. The average Bonchev–Trinajstić information content (AvgIpc) is 2.10. The van der Waals surface area contributed by atoms with E-state index in [2.05, 4.69) is 18.2 Å². The molecule has 0 spiro atoms. The largest absolute Gasteiger partial charge is 0.257 e. The molecule has 0 unspecified atom stereocenters. The van der Waals surface area contributed by atoms with Gasteiger partial charge in [0.25, 0.3) is 0 Å². The molecule has 0 heterocycles. The lowest BCUT2D eigenvalue weighted by Crippen LogP contribution is -1.78. The van der Waals surface area contributed by atoms with Crippen molar-refractivity contribution < 1.29 is 0 Å². The van der Waals surface area contributed by atoms with Gasteiger partial charge in [0.15, 0.2) is 0 Å². The Morgan fingerprint density at radius 1 is 1.42 bits per heavy atom. The molecule has 0 saturated heterocycles. The van der Waals surface area contributed by atoms with E-state index in [-0.39, 0.29) is 0 Å². The van der Waals surface area contributed by atoms with E-state index >= 15 is 0 Å². The molecule has 1 nitrogen and oxygen atoms in total. The molecule has 0 aromatic carbocycles. The van der Waals surface area contributed by atoms with Crippen LogP contribution in [0.25, 0.3) is 0 Å². The van der Waals surface area contributed by atoms with Crippen molar-refractivity contribution in [1.82, 2.24) is 0 Å². The highest BCUT2D eigenvalue weighted by Gasteiger charge is 1.89. The first-order valence-corrected chi connectivity index (χ1v) is 3.86. The second-order valence-corrected chi connectivity index (χ2v) is 2.34. The van der Waals surface area contributed by atoms with Gasteiger partial charge >= 0.3 is 0 Å². The van der Waals surface area contributed by atoms with Crippen LogP contribution in [0.4, 0.5) is 0 Å². The lowest BCUT2D eigenvalue weighted by molar-refractivity contribution is 1.31. The van der Waals surface area contributed by atoms with Crippen molar-refractivity contribution in [1.29, 1.82) is 0 Å². The highest BCUT2D eigenvalue weighted by molar-refractivity contribution is 5.71. The van der Waals surface area contributed by atoms with Crippen molar-refractivity contribution in [2.24, 2.45) is 4.99 Å². The molecule has 0 saturated carbocycles. The Balaban J connectivity index is 4.28. The van der Waals surface area contributed by atoms with Crippen molar-refractivity contribution in [3.8, 4) is 0 Å². The molecule has 0 rings (SSSR count). The molecule has 12 heavy (non-hydrogen) atoms. The molecule has 0 N–H and O–H groups in total. The van der Waals surface area contributed by atoms with Crippen LogP contribution < -0.4 is 0 Å². The van der Waals surface area contributed by atoms with Crippen molar-refractivity contribution in [2.75, 3.05) is 0 Å². The lowest BCUT2D eigenvalue weighted by Gasteiger charge is -1.95. The number of aliphatic imine (C=N–C) groups is 1. The molecule has 0 aliphatic heterocycles. The maximum Gasteiger partial charge on any atom is 0.0587 e. The zero-order valence-corrected chi connectivity index (χ0v) is 7.75. The maximum absolute atomic E-state index is 4.06. The summed E-state index contributed by atoms with van der Waals surface area (Å²) in [6.07, 6.45) is 9.17. The summed E-state index contributed by atoms with van der Waals surface area (Å²) in [6.45, 7) is 11.3. The van der Waals surface area contributed by atoms with Crippen molar-refractivity contribution in [2.45, 2.75) is 13.8 Å². The first-order chi connectivity index (χ1) is 5.72. The molecule has 0 fully saturated rings. The molecule has 0 bridgehead atoms. The normalized spacial score (nSPS) is 12.7. The number of nitrogens with zero attached hydrogens (tertiary/aromatic N) is 1. The fourth-order valence-corrected chi connectivity index (χ4v) is 0.581. The molecule has 0 aromatic rings. The molecule has 0 amide bonds. The minimum atomic E-state index is 0.771. The van der Waals surface area contributed by atoms with E-state index in [0.29, 0.717) is 0 Å². The van der Waals surface area contributed by atoms with E-state index in [9.17, 15) is 0 Å². The minimum absolute atomic E-state index is 0.771. The third-order valence-corrected chi connectivity index (χ3v) is 1.33. The summed E-state index contributed by atoms with van der Waals surface area (Å²) in [4.78, 5) is 4.06. The summed E-state index contributed by atoms with van der Waals surface area (Å²) in [5.41, 5.74) is 1.83. The SMILES string of the molecule is C=CC=NC(=C)C(C)=CC=CC. The second-order valence-electron chi connectivity index (χ2n) is 2.34. The smallest absolute Gasteiger partial charge is 0.0587 e. The predicted molar refractivity (Wildman–Crippen MR) is 56.4 cm³/mol. The van der Waals surface area contributed by atoms with E-state index in [0.717, 1.165) is 11.3 Å². The van der Waals surface area contributed by atoms with Gasteiger partial charge in [-0.3, -0.25) is 4.99 Å². The van der Waals surface area contributed by atoms with Crippen LogP contribution in [-0.4, -0.2) is 6.21 Å². The van der Waals surface area contributed by atoms with Crippen molar-refractivity contribution >= 4 is 6.21 Å². The molecular weight excluding hydrogens is 146 g/mol. The van der Waals surface area contributed by atoms with Gasteiger partial charge in [0.1, 0.15) is 0 Å². The number of hydrogen-bond donors (Lipinski definition) is 0. The molecule has 0 aromatic heterocycles. The fourth-order valence-electron chi connectivity index (χ4n) is 0.581. The number of rotatable bonds is 4. The first kappa shape index (κ1) is 10.6. The molecule has 0 aliphatic carbocycles. The summed E-state index contributed by atoms with van der Waals surface area (Å²) < 4.78 is 0. The van der Waals surface area contributed by atoms with Gasteiger partial charge < -0.3 is 0 Å². The molecule has 0 aliphatic rings. The highest BCUT2D eigenvalue weighted by atomic mass is 14.7. The van der Waals surface area contributed by atoms with Gasteiger partial charge in [-0.05, 0) is 19.4 Å². The van der Waals surface area contributed by atoms with Crippen LogP contribution in [0, 0.1) is 0 Å². The Bertz CT molecular complexity index is 242. The Hall–Kier alpha value is -1.37. The minimum Gasteiger partial charge on any atom is -0.257 e. The van der Waals surface area contributed by atoms with Crippen molar-refractivity contribution in [3.63, 3.8) is 0 Å². The summed E-state index contributed by atoms with van der Waals surface area (Å²) >= 11 is 0. The van der Waals surface area contributed by atoms with Gasteiger partial charge in [-0.2, -0.15) is 0 Å². The summed E-state index contributed by atoms with van der Waals surface area (Å²) in [7, 11) is 0. The van der Waals surface area contributed by atoms with Gasteiger partial charge in [-0.1, -0.05) is 37.5 Å². The standard InChI is InChI=1S/C11H15N/c1-5-7-8-10(3)11(4)12-9-6-2/h5-9H,2,4H2,1,3H3. The Labute approximate surface area is 74.5 Å². The molecule has 0 atom stereocenters. The van der Waals surface area contributed by atoms with Crippen LogP contribution >= 0.6 is 0 Å². The van der Waals surface area contributed by atoms with Crippen LogP contribution in [0.15, 0.2) is 53.7 Å². The maximum atomic E-state index is 4.06. The molecule has 1 heteroatoms. The topological polar surface area (TPSA) is 12.4 Å². The van der Waals surface area contributed by atoms with Crippen LogP contribution in [0.2, 0.25) is 0 Å². The van der Waals surface area contributed by atoms with Gasteiger partial charge in [0, 0.05) is 6.21 Å². The van der Waals surface area contributed by atoms with Gasteiger partial charge in [-0.25, -0.2) is 0 Å². The van der Waals surface area contributed by atoms with Crippen LogP contribution in [0.5, 0.6) is 0 Å². The summed E-state index contributed by atoms with van der Waals surface area (Å²) in [6, 6.07) is 0. The van der Waals surface area contributed by atoms with Gasteiger partial charge in [0.2, 0.25) is 0 Å². The molecular formula is C11H15N. The van der Waals surface area contributed by atoms with Crippen LogP contribution in [0.1, 0.15) is 13.8 Å². The van der Waals surface area contributed by atoms with Crippen LogP contribution in [-0.2, 0) is 0 Å². The highest BCUT2D eigenvalue weighted by Crippen LogP contribution is 2.07. The Morgan fingerprint density at radius 3 is 2.58 bits per heavy atom. The molecule has 0 radical (unpaired) electrons. The lowest BCUT2D eigenvalue weighted by atomic mass is 10.2. The van der Waals surface area contributed by atoms with Crippen molar-refractivity contribution in [3.05, 3.63) is 48.7 Å². The average molecular weight is 161 g/mol. The zero-order valence-electron chi connectivity index (χ0n) is 7.75. The first-order valence-electron chi connectivity index (χ1n) is 3.86.